The molecular weight excluding hydrogens is 182 g/mol. The van der Waals surface area contributed by atoms with E-state index in [0.29, 0.717) is 0 Å². The van der Waals surface area contributed by atoms with Crippen LogP contribution in [0.4, 0.5) is 0 Å². The fourth-order valence-corrected chi connectivity index (χ4v) is 1.32. The highest BCUT2D eigenvalue weighted by Crippen LogP contribution is 2.07. The molecule has 0 aliphatic carbocycles. The fraction of sp³-hybridized carbons (Fsp3) is 0. The van der Waals surface area contributed by atoms with Crippen molar-refractivity contribution < 1.29 is 8.42 Å². The Hall–Kier alpha value is -0.940. The van der Waals surface area contributed by atoms with Crippen LogP contribution in [-0.4, -0.2) is 8.42 Å². The van der Waals surface area contributed by atoms with Crippen LogP contribution in [0.25, 0.3) is 6.08 Å². The molecule has 0 atom stereocenters. The average Bonchev–Trinajstić information content (AvgIpc) is 2.39. The lowest BCUT2D eigenvalue weighted by molar-refractivity contribution is 0.622. The van der Waals surface area contributed by atoms with Crippen molar-refractivity contribution in [3.63, 3.8) is 0 Å². The van der Waals surface area contributed by atoms with Crippen molar-refractivity contribution in [3.8, 4) is 0 Å². The molecular formula is C6H5NO2S2. The minimum Gasteiger partial charge on any atom is -0.163 e. The van der Waals surface area contributed by atoms with Crippen molar-refractivity contribution in [1.82, 2.24) is 0 Å². The maximum Gasteiger partial charge on any atom is 0.315 e. The average molecular weight is 187 g/mol. The summed E-state index contributed by atoms with van der Waals surface area (Å²) in [6.07, 6.45) is 2.89. The zero-order valence-corrected chi connectivity index (χ0v) is 7.10. The van der Waals surface area contributed by atoms with Gasteiger partial charge in [-0.15, -0.1) is 4.36 Å². The molecule has 0 radical (unpaired) electrons. The summed E-state index contributed by atoms with van der Waals surface area (Å²) in [4.78, 5) is 0. The van der Waals surface area contributed by atoms with Crippen LogP contribution in [0.2, 0.25) is 0 Å². The Bertz CT molecular complexity index is 353. The molecule has 5 heteroatoms. The summed E-state index contributed by atoms with van der Waals surface area (Å²) in [7, 11) is -2.34. The number of rotatable bonds is 2. The first-order valence-corrected chi connectivity index (χ1v) is 4.75. The monoisotopic (exact) mass is 187 g/mol. The van der Waals surface area contributed by atoms with Gasteiger partial charge in [-0.25, -0.2) is 0 Å². The van der Waals surface area contributed by atoms with E-state index in [1.165, 1.54) is 6.20 Å². The Morgan fingerprint density at radius 3 is 2.91 bits per heavy atom. The first-order chi connectivity index (χ1) is 5.29. The lowest BCUT2D eigenvalue weighted by Gasteiger charge is -1.75. The molecule has 0 aromatic carbocycles. The quantitative estimate of drug-likeness (QED) is 0.708. The van der Waals surface area contributed by atoms with Crippen LogP contribution < -0.4 is 0 Å². The molecule has 0 aliphatic heterocycles. The summed E-state index contributed by atoms with van der Waals surface area (Å²) in [5.41, 5.74) is 0.962. The molecule has 0 amide bonds. The minimum atomic E-state index is -2.34. The Labute approximate surface area is 69.7 Å². The van der Waals surface area contributed by atoms with E-state index in [4.69, 9.17) is 0 Å². The van der Waals surface area contributed by atoms with Crippen molar-refractivity contribution in [2.24, 2.45) is 4.36 Å². The van der Waals surface area contributed by atoms with Crippen molar-refractivity contribution in [2.75, 3.05) is 0 Å². The summed E-state index contributed by atoms with van der Waals surface area (Å²) >= 11 is 1.55. The summed E-state index contributed by atoms with van der Waals surface area (Å²) < 4.78 is 23.0. The number of hydrogen-bond acceptors (Lipinski definition) is 4. The lowest BCUT2D eigenvalue weighted by Crippen LogP contribution is -1.57. The molecule has 0 saturated carbocycles. The van der Waals surface area contributed by atoms with Crippen LogP contribution in [0.3, 0.4) is 0 Å². The van der Waals surface area contributed by atoms with Crippen LogP contribution in [-0.2, 0) is 10.5 Å². The van der Waals surface area contributed by atoms with Gasteiger partial charge in [-0.3, -0.25) is 0 Å². The molecule has 0 unspecified atom stereocenters. The third kappa shape index (κ3) is 3.10. The lowest BCUT2D eigenvalue weighted by atomic mass is 10.3. The highest BCUT2D eigenvalue weighted by molar-refractivity contribution is 7.61. The van der Waals surface area contributed by atoms with Gasteiger partial charge in [0.05, 0.1) is 0 Å². The van der Waals surface area contributed by atoms with Gasteiger partial charge in [0.25, 0.3) is 0 Å². The molecule has 58 valence electrons. The van der Waals surface area contributed by atoms with E-state index in [-0.39, 0.29) is 0 Å². The van der Waals surface area contributed by atoms with E-state index in [2.05, 4.69) is 4.36 Å². The molecule has 0 N–H and O–H groups in total. The molecule has 0 bridgehead atoms. The highest BCUT2D eigenvalue weighted by Gasteiger charge is 1.82. The van der Waals surface area contributed by atoms with E-state index in [1.54, 1.807) is 17.4 Å². The van der Waals surface area contributed by atoms with Crippen LogP contribution in [0, 0.1) is 0 Å². The number of thiophene rings is 1. The van der Waals surface area contributed by atoms with Crippen molar-refractivity contribution in [2.45, 2.75) is 0 Å². The van der Waals surface area contributed by atoms with Gasteiger partial charge in [0.15, 0.2) is 0 Å². The summed E-state index contributed by atoms with van der Waals surface area (Å²) in [5, 5.41) is 3.81. The van der Waals surface area contributed by atoms with Gasteiger partial charge in [0.2, 0.25) is 0 Å². The zero-order valence-electron chi connectivity index (χ0n) is 5.47. The van der Waals surface area contributed by atoms with Gasteiger partial charge in [-0.1, -0.05) is 0 Å². The van der Waals surface area contributed by atoms with Crippen molar-refractivity contribution in [3.05, 3.63) is 28.6 Å². The second-order valence-corrected chi connectivity index (χ2v) is 3.12. The number of nitrogens with zero attached hydrogens (tertiary/aromatic N) is 1. The normalized spacial score (nSPS) is 10.2. The van der Waals surface area contributed by atoms with E-state index < -0.39 is 10.5 Å². The van der Waals surface area contributed by atoms with Crippen LogP contribution in [0.5, 0.6) is 0 Å². The van der Waals surface area contributed by atoms with Gasteiger partial charge < -0.3 is 0 Å². The van der Waals surface area contributed by atoms with Crippen molar-refractivity contribution >= 4 is 27.9 Å². The summed E-state index contributed by atoms with van der Waals surface area (Å²) in [6.45, 7) is 0. The molecule has 1 rings (SSSR count). The van der Waals surface area contributed by atoms with Gasteiger partial charge in [-0.2, -0.15) is 19.8 Å². The van der Waals surface area contributed by atoms with Gasteiger partial charge in [0.1, 0.15) is 0 Å². The van der Waals surface area contributed by atoms with E-state index in [0.717, 1.165) is 5.56 Å². The summed E-state index contributed by atoms with van der Waals surface area (Å²) in [5.74, 6) is 0. The molecule has 1 aromatic rings. The third-order valence-corrected chi connectivity index (χ3v) is 1.95. The SMILES string of the molecule is O=S(=O)=NC=Cc1ccsc1. The Morgan fingerprint density at radius 1 is 1.55 bits per heavy atom. The molecule has 3 nitrogen and oxygen atoms in total. The first kappa shape index (κ1) is 8.16. The van der Waals surface area contributed by atoms with Gasteiger partial charge in [-0.05, 0) is 28.5 Å². The first-order valence-electron chi connectivity index (χ1n) is 2.78. The molecule has 0 aliphatic rings. The number of hydrogen-bond donors (Lipinski definition) is 0. The Morgan fingerprint density at radius 2 is 2.36 bits per heavy atom. The topological polar surface area (TPSA) is 46.5 Å². The second-order valence-electron chi connectivity index (χ2n) is 1.69. The molecule has 1 heterocycles. The largest absolute Gasteiger partial charge is 0.315 e. The molecule has 1 aromatic heterocycles. The van der Waals surface area contributed by atoms with Gasteiger partial charge >= 0.3 is 10.5 Å². The summed E-state index contributed by atoms with van der Waals surface area (Å²) in [6, 6.07) is 1.88. The maximum absolute atomic E-state index is 9.91. The molecule has 0 spiro atoms. The van der Waals surface area contributed by atoms with Crippen LogP contribution in [0.1, 0.15) is 5.56 Å². The Kier molecular flexibility index (Phi) is 3.00. The standard InChI is InChI=1S/C6H5NO2S2/c8-11(9)7-3-1-6-2-4-10-5-6/h1-5H. The molecule has 0 saturated heterocycles. The third-order valence-electron chi connectivity index (χ3n) is 0.957. The zero-order chi connectivity index (χ0) is 8.10. The van der Waals surface area contributed by atoms with E-state index in [1.807, 2.05) is 16.8 Å². The predicted octanol–water partition coefficient (Wildman–Crippen LogP) is 1.78. The van der Waals surface area contributed by atoms with Crippen LogP contribution >= 0.6 is 11.3 Å². The molecule has 11 heavy (non-hydrogen) atoms. The second kappa shape index (κ2) is 4.05. The van der Waals surface area contributed by atoms with E-state index in [9.17, 15) is 8.42 Å². The predicted molar refractivity (Wildman–Crippen MR) is 44.7 cm³/mol. The molecule has 0 fully saturated rings. The Balaban J connectivity index is 2.71. The van der Waals surface area contributed by atoms with Gasteiger partial charge in [0, 0.05) is 6.20 Å². The van der Waals surface area contributed by atoms with Crippen molar-refractivity contribution in [1.29, 1.82) is 0 Å². The smallest absolute Gasteiger partial charge is 0.163 e. The maximum atomic E-state index is 9.91. The van der Waals surface area contributed by atoms with Crippen LogP contribution in [0.15, 0.2) is 27.4 Å². The van der Waals surface area contributed by atoms with E-state index >= 15 is 0 Å². The minimum absolute atomic E-state index is 0.962. The highest BCUT2D eigenvalue weighted by atomic mass is 32.2. The fourth-order valence-electron chi connectivity index (χ4n) is 0.536.